The second-order valence-electron chi connectivity index (χ2n) is 13.1. The molecule has 0 aliphatic heterocycles. The lowest BCUT2D eigenvalue weighted by Crippen LogP contribution is -2.30. The highest BCUT2D eigenvalue weighted by molar-refractivity contribution is 5.90. The van der Waals surface area contributed by atoms with Crippen molar-refractivity contribution in [3.8, 4) is 11.5 Å². The summed E-state index contributed by atoms with van der Waals surface area (Å²) < 4.78 is 43.6. The molecule has 1 fully saturated rings. The predicted molar refractivity (Wildman–Crippen MR) is 202 cm³/mol. The average Bonchev–Trinajstić information content (AvgIpc) is 3.17. The Balaban J connectivity index is 1.40. The summed E-state index contributed by atoms with van der Waals surface area (Å²) in [5, 5.41) is 0. The van der Waals surface area contributed by atoms with Crippen LogP contribution in [0.15, 0.2) is 74.4 Å². The third kappa shape index (κ3) is 15.5. The highest BCUT2D eigenvalue weighted by Gasteiger charge is 2.30. The average molecular weight is 765 g/mol. The molecule has 0 spiro atoms. The summed E-state index contributed by atoms with van der Waals surface area (Å²) in [5.41, 5.74) is 2.19. The normalized spacial score (nSPS) is 16.7. The monoisotopic (exact) mass is 764 g/mol. The summed E-state index contributed by atoms with van der Waals surface area (Å²) in [7, 11) is 0. The number of carbonyl (C=O) groups excluding carboxylic acids is 5. The molecule has 1 aliphatic carbocycles. The Morgan fingerprint density at radius 1 is 0.727 bits per heavy atom. The molecule has 1 aliphatic rings. The Morgan fingerprint density at radius 2 is 1.35 bits per heavy atom. The van der Waals surface area contributed by atoms with Crippen LogP contribution in [0.3, 0.4) is 0 Å². The van der Waals surface area contributed by atoms with E-state index in [2.05, 4.69) is 26.7 Å². The van der Waals surface area contributed by atoms with Crippen LogP contribution in [0.5, 0.6) is 11.5 Å². The van der Waals surface area contributed by atoms with E-state index < -0.39 is 36.0 Å². The molecule has 13 nitrogen and oxygen atoms in total. The van der Waals surface area contributed by atoms with Crippen molar-refractivity contribution in [2.24, 2.45) is 11.8 Å². The fourth-order valence-electron chi connectivity index (χ4n) is 5.90. The number of hydrogen-bond donors (Lipinski definition) is 0. The molecule has 0 heterocycles. The largest absolute Gasteiger partial charge is 0.489 e. The highest BCUT2D eigenvalue weighted by Crippen LogP contribution is 2.34. The number of aryl methyl sites for hydroxylation is 2. The Labute approximate surface area is 322 Å². The maximum atomic E-state index is 13.1. The van der Waals surface area contributed by atoms with Gasteiger partial charge in [-0.3, -0.25) is 0 Å². The van der Waals surface area contributed by atoms with Crippen molar-refractivity contribution in [2.45, 2.75) is 71.5 Å². The van der Waals surface area contributed by atoms with E-state index in [0.29, 0.717) is 78.4 Å². The number of benzene rings is 2. The van der Waals surface area contributed by atoms with Gasteiger partial charge >= 0.3 is 29.8 Å². The lowest BCUT2D eigenvalue weighted by atomic mass is 9.77. The molecule has 0 N–H and O–H groups in total. The molecule has 0 saturated heterocycles. The van der Waals surface area contributed by atoms with E-state index in [1.165, 1.54) is 0 Å². The first-order chi connectivity index (χ1) is 26.4. The van der Waals surface area contributed by atoms with Crippen LogP contribution in [-0.2, 0) is 42.8 Å². The van der Waals surface area contributed by atoms with Crippen LogP contribution < -0.4 is 9.47 Å². The topological polar surface area (TPSA) is 159 Å². The van der Waals surface area contributed by atoms with Gasteiger partial charge in [0.15, 0.2) is 6.10 Å². The lowest BCUT2D eigenvalue weighted by Gasteiger charge is -2.33. The Bertz CT molecular complexity index is 1650. The van der Waals surface area contributed by atoms with Gasteiger partial charge in [0.05, 0.1) is 30.9 Å². The quantitative estimate of drug-likeness (QED) is 0.0393. The van der Waals surface area contributed by atoms with Crippen LogP contribution in [0.1, 0.15) is 77.3 Å². The zero-order valence-corrected chi connectivity index (χ0v) is 31.9. The lowest BCUT2D eigenvalue weighted by molar-refractivity contribution is -0.148. The van der Waals surface area contributed by atoms with E-state index in [1.807, 2.05) is 6.92 Å². The predicted octanol–water partition coefficient (Wildman–Crippen LogP) is 6.58. The van der Waals surface area contributed by atoms with E-state index in [1.54, 1.807) is 43.3 Å². The van der Waals surface area contributed by atoms with E-state index in [-0.39, 0.29) is 45.2 Å². The highest BCUT2D eigenvalue weighted by atomic mass is 16.7. The van der Waals surface area contributed by atoms with Crippen LogP contribution in [0.4, 0.5) is 0 Å². The fourth-order valence-corrected chi connectivity index (χ4v) is 5.90. The van der Waals surface area contributed by atoms with Gasteiger partial charge in [0.2, 0.25) is 6.79 Å². The van der Waals surface area contributed by atoms with Gasteiger partial charge in [0, 0.05) is 24.8 Å². The van der Waals surface area contributed by atoms with Gasteiger partial charge in [0.1, 0.15) is 24.2 Å². The van der Waals surface area contributed by atoms with Crippen molar-refractivity contribution >= 4 is 29.8 Å². The van der Waals surface area contributed by atoms with Gasteiger partial charge in [-0.2, -0.15) is 0 Å². The number of rotatable bonds is 23. The number of hydrogen-bond acceptors (Lipinski definition) is 13. The van der Waals surface area contributed by atoms with E-state index in [9.17, 15) is 24.0 Å². The fraction of sp³-hybridized carbons (Fsp3) is 0.452. The summed E-state index contributed by atoms with van der Waals surface area (Å²) in [5.74, 6) is -0.975. The zero-order chi connectivity index (χ0) is 40.2. The molecule has 2 aromatic carbocycles. The van der Waals surface area contributed by atoms with Gasteiger partial charge in [-0.1, -0.05) is 26.7 Å². The molecule has 3 rings (SSSR count). The first-order valence-electron chi connectivity index (χ1n) is 18.3. The zero-order valence-electron chi connectivity index (χ0n) is 31.9. The summed E-state index contributed by atoms with van der Waals surface area (Å²) in [6.45, 7) is 16.5. The molecular formula is C42H52O13. The molecule has 0 amide bonds. The maximum absolute atomic E-state index is 13.1. The van der Waals surface area contributed by atoms with E-state index in [0.717, 1.165) is 24.6 Å². The van der Waals surface area contributed by atoms with Crippen LogP contribution in [0, 0.1) is 25.7 Å². The second-order valence-corrected chi connectivity index (χ2v) is 13.1. The first-order valence-corrected chi connectivity index (χ1v) is 18.3. The van der Waals surface area contributed by atoms with Gasteiger partial charge in [-0.25, -0.2) is 24.0 Å². The van der Waals surface area contributed by atoms with Crippen molar-refractivity contribution in [2.75, 3.05) is 39.8 Å². The molecule has 13 heteroatoms. The summed E-state index contributed by atoms with van der Waals surface area (Å²) >= 11 is 0. The molecule has 0 aromatic heterocycles. The van der Waals surface area contributed by atoms with Crippen molar-refractivity contribution in [3.63, 3.8) is 0 Å². The summed E-state index contributed by atoms with van der Waals surface area (Å²) in [6, 6.07) is 9.90. The Hall–Kier alpha value is -5.43. The molecule has 2 aromatic rings. The number of unbranched alkanes of at least 4 members (excludes halogenated alkanes) is 1. The molecular weight excluding hydrogens is 712 g/mol. The minimum absolute atomic E-state index is 0.0155. The van der Waals surface area contributed by atoms with Gasteiger partial charge in [0.25, 0.3) is 0 Å². The van der Waals surface area contributed by atoms with Crippen LogP contribution in [0.25, 0.3) is 0 Å². The third-order valence-corrected chi connectivity index (χ3v) is 8.97. The van der Waals surface area contributed by atoms with Crippen molar-refractivity contribution in [1.82, 2.24) is 0 Å². The molecule has 0 radical (unpaired) electrons. The number of ether oxygens (including phenoxy) is 8. The van der Waals surface area contributed by atoms with Crippen molar-refractivity contribution < 1.29 is 61.9 Å². The van der Waals surface area contributed by atoms with Gasteiger partial charge in [-0.15, -0.1) is 0 Å². The van der Waals surface area contributed by atoms with Gasteiger partial charge in [-0.05, 0) is 112 Å². The van der Waals surface area contributed by atoms with Crippen LogP contribution >= 0.6 is 0 Å². The molecule has 4 atom stereocenters. The third-order valence-electron chi connectivity index (χ3n) is 8.97. The second kappa shape index (κ2) is 23.4. The standard InChI is InChI=1S/C42H52O13/c1-7-38(43)49-20-11-10-19-48-25-35(54-40(45)9-3)26-51-36-16-14-33(23-29(36)5)42(47)55-34-15-12-31(28(4)24-34)18-21-50-41(46)32-13-17-37(30(6)22-32)52-27-53-39(44)8-2/h7-9,13-14,16-17,22-23,28,31,34-35H,1-3,10-12,15,18-21,24-27H2,4-6H3. The van der Waals surface area contributed by atoms with E-state index in [4.69, 9.17) is 37.9 Å². The SMILES string of the molecule is C=CC(=O)OCCCCOCC(COc1ccc(C(=O)OC2CCC(CCOC(=O)c3ccc(OCOC(=O)C=C)c(C)c3)C(C)C2)cc1C)OC(=O)C=C. The van der Waals surface area contributed by atoms with E-state index >= 15 is 0 Å². The number of carbonyl (C=O) groups is 5. The summed E-state index contributed by atoms with van der Waals surface area (Å²) in [6.07, 6.45) is 6.44. The first kappa shape index (κ1) is 44.0. The molecule has 55 heavy (non-hydrogen) atoms. The van der Waals surface area contributed by atoms with Gasteiger partial charge < -0.3 is 37.9 Å². The molecule has 0 bridgehead atoms. The molecule has 4 unspecified atom stereocenters. The Morgan fingerprint density at radius 3 is 1.98 bits per heavy atom. The van der Waals surface area contributed by atoms with Crippen molar-refractivity contribution in [3.05, 3.63) is 96.6 Å². The Kier molecular flexibility index (Phi) is 18.7. The van der Waals surface area contributed by atoms with Crippen molar-refractivity contribution in [1.29, 1.82) is 0 Å². The smallest absolute Gasteiger partial charge is 0.338 e. The summed E-state index contributed by atoms with van der Waals surface area (Å²) in [4.78, 5) is 60.0. The minimum atomic E-state index is -0.705. The maximum Gasteiger partial charge on any atom is 0.338 e. The van der Waals surface area contributed by atoms with Crippen LogP contribution in [0.2, 0.25) is 0 Å². The van der Waals surface area contributed by atoms with Crippen LogP contribution in [-0.4, -0.2) is 81.9 Å². The molecule has 298 valence electrons. The molecule has 1 saturated carbocycles. The number of esters is 5. The minimum Gasteiger partial charge on any atom is -0.489 e.